The largest absolute Gasteiger partial charge is 0.496 e. The Hall–Kier alpha value is -5.23. The third-order valence-corrected chi connectivity index (χ3v) is 9.61. The number of carbonyl (C=O) groups excluding carboxylic acids is 1. The lowest BCUT2D eigenvalue weighted by Gasteiger charge is -2.28. The van der Waals surface area contributed by atoms with E-state index in [9.17, 15) is 4.79 Å². The number of Topliss-reactive ketones (excluding diaryl/α,β-unsaturated/α-hetero) is 1. The molecule has 0 spiro atoms. The van der Waals surface area contributed by atoms with Gasteiger partial charge < -0.3 is 23.7 Å². The van der Waals surface area contributed by atoms with Gasteiger partial charge in [0.25, 0.3) is 0 Å². The lowest BCUT2D eigenvalue weighted by atomic mass is 9.94. The van der Waals surface area contributed by atoms with E-state index >= 15 is 0 Å². The van der Waals surface area contributed by atoms with Crippen LogP contribution >= 0.6 is 0 Å². The molecule has 0 aliphatic carbocycles. The molecule has 0 aromatic heterocycles. The van der Waals surface area contributed by atoms with Gasteiger partial charge in [-0.05, 0) is 156 Å². The predicted octanol–water partition coefficient (Wildman–Crippen LogP) is 11.4. The molecule has 0 radical (unpaired) electrons. The van der Waals surface area contributed by atoms with Crippen LogP contribution in [0.4, 0.5) is 0 Å². The van der Waals surface area contributed by atoms with Crippen molar-refractivity contribution in [3.8, 4) is 28.7 Å². The summed E-state index contributed by atoms with van der Waals surface area (Å²) in [6.45, 7) is 16.3. The van der Waals surface area contributed by atoms with E-state index in [-0.39, 0.29) is 24.4 Å². The normalized spacial score (nSPS) is 14.6. The number of ether oxygens (including phenoxy) is 5. The summed E-state index contributed by atoms with van der Waals surface area (Å²) < 4.78 is 28.4. The zero-order chi connectivity index (χ0) is 37.8. The maximum absolute atomic E-state index is 12.7. The maximum atomic E-state index is 12.7. The van der Waals surface area contributed by atoms with Crippen LogP contribution in [0.3, 0.4) is 0 Å². The van der Waals surface area contributed by atoms with Gasteiger partial charge in [0.2, 0.25) is 0 Å². The number of hydrogen-bond acceptors (Lipinski definition) is 6. The quantitative estimate of drug-likeness (QED) is 0.161. The fraction of sp³-hybridized carbons (Fsp3) is 0.340. The number of rotatable bonds is 9. The van der Waals surface area contributed by atoms with E-state index in [4.69, 9.17) is 23.7 Å². The zero-order valence-electron chi connectivity index (χ0n) is 32.5. The Kier molecular flexibility index (Phi) is 12.7. The van der Waals surface area contributed by atoms with E-state index in [0.717, 1.165) is 74.1 Å². The second-order valence-corrected chi connectivity index (χ2v) is 14.5. The number of allylic oxidation sites excluding steroid dienone is 2. The molecule has 280 valence electrons. The highest BCUT2D eigenvalue weighted by molar-refractivity contribution is 5.98. The average Bonchev–Trinajstić information content (AvgIpc) is 3.11. The van der Waals surface area contributed by atoms with Crippen molar-refractivity contribution in [3.05, 3.63) is 129 Å². The van der Waals surface area contributed by atoms with E-state index in [1.165, 1.54) is 11.1 Å². The maximum Gasteiger partial charge on any atom is 0.167 e. The minimum atomic E-state index is -0.311. The van der Waals surface area contributed by atoms with Gasteiger partial charge in [0.1, 0.15) is 39.9 Å². The van der Waals surface area contributed by atoms with Gasteiger partial charge in [-0.15, -0.1) is 0 Å². The van der Waals surface area contributed by atoms with E-state index < -0.39 is 0 Å². The highest BCUT2D eigenvalue weighted by atomic mass is 16.5. The lowest BCUT2D eigenvalue weighted by Crippen LogP contribution is -2.27. The number of carbonyl (C=O) groups is 1. The second-order valence-electron chi connectivity index (χ2n) is 14.5. The summed E-state index contributed by atoms with van der Waals surface area (Å²) in [7, 11) is 5.05. The molecule has 4 aromatic rings. The first-order valence-electron chi connectivity index (χ1n) is 17.7. The van der Waals surface area contributed by atoms with Crippen LogP contribution in [0.2, 0.25) is 0 Å². The first-order chi connectivity index (χ1) is 24.6. The van der Waals surface area contributed by atoms with Crippen LogP contribution in [-0.4, -0.2) is 38.3 Å². The number of methoxy groups -OCH3 is 3. The van der Waals surface area contributed by atoms with Gasteiger partial charge in [0.05, 0.1) is 21.3 Å². The highest BCUT2D eigenvalue weighted by Gasteiger charge is 2.23. The van der Waals surface area contributed by atoms with Crippen molar-refractivity contribution in [2.45, 2.75) is 86.9 Å². The zero-order valence-corrected chi connectivity index (χ0v) is 32.5. The van der Waals surface area contributed by atoms with E-state index in [1.54, 1.807) is 21.3 Å². The Balaban J connectivity index is 0.000000233. The van der Waals surface area contributed by atoms with Crippen LogP contribution < -0.4 is 23.7 Å². The summed E-state index contributed by atoms with van der Waals surface area (Å²) in [4.78, 5) is 12.7. The van der Waals surface area contributed by atoms with Gasteiger partial charge in [-0.1, -0.05) is 37.8 Å². The molecule has 6 nitrogen and oxygen atoms in total. The summed E-state index contributed by atoms with van der Waals surface area (Å²) in [6.07, 6.45) is 11.6. The lowest BCUT2D eigenvalue weighted by molar-refractivity contribution is 0.0992. The number of ketones is 1. The van der Waals surface area contributed by atoms with Crippen molar-refractivity contribution in [1.82, 2.24) is 0 Å². The van der Waals surface area contributed by atoms with Gasteiger partial charge in [-0.3, -0.25) is 4.79 Å². The average molecular weight is 717 g/mol. The van der Waals surface area contributed by atoms with Crippen molar-refractivity contribution in [2.75, 3.05) is 21.3 Å². The molecule has 6 heteroatoms. The summed E-state index contributed by atoms with van der Waals surface area (Å²) in [5.41, 5.74) is 10.0. The summed E-state index contributed by atoms with van der Waals surface area (Å²) >= 11 is 0. The second kappa shape index (κ2) is 16.6. The van der Waals surface area contributed by atoms with Crippen molar-refractivity contribution in [2.24, 2.45) is 0 Å². The molecule has 0 amide bonds. The van der Waals surface area contributed by atoms with Crippen molar-refractivity contribution < 1.29 is 28.5 Å². The summed E-state index contributed by atoms with van der Waals surface area (Å²) in [5.74, 6) is 4.36. The summed E-state index contributed by atoms with van der Waals surface area (Å²) in [6, 6.07) is 20.2. The van der Waals surface area contributed by atoms with E-state index in [2.05, 4.69) is 75.4 Å². The van der Waals surface area contributed by atoms with Crippen LogP contribution in [0.15, 0.2) is 78.9 Å². The van der Waals surface area contributed by atoms with E-state index in [0.29, 0.717) is 12.0 Å². The minimum absolute atomic E-state index is 0. The molecule has 2 heterocycles. The Morgan fingerprint density at radius 1 is 0.642 bits per heavy atom. The van der Waals surface area contributed by atoms with Gasteiger partial charge >= 0.3 is 0 Å². The molecule has 2 aliphatic heterocycles. The Bertz CT molecular complexity index is 2030. The standard InChI is InChI=1S/C24H28O3.C22H24O3.CH4/c1-7-18(12-17-13-22(25-5)16(2)23(14-17)26-6)19-8-9-21-20(15-19)10-11-24(3,4)27-21;1-14-10-16(12-21(24-5)15(14)2)11-19(23)17-6-7-20-18(13-17)8-9-22(3,4)25-20;/h7-11,13-15H,12H2,1-6H3;6-10,12-13H,11H2,1-5H3;1H4/b18-7-;;. The number of benzene rings is 4. The van der Waals surface area contributed by atoms with Crippen LogP contribution in [0, 0.1) is 20.8 Å². The van der Waals surface area contributed by atoms with Gasteiger partial charge in [0.15, 0.2) is 5.78 Å². The molecule has 4 aromatic carbocycles. The number of hydrogen-bond donors (Lipinski definition) is 0. The molecule has 0 atom stereocenters. The van der Waals surface area contributed by atoms with Gasteiger partial charge in [-0.25, -0.2) is 0 Å². The molecule has 0 saturated carbocycles. The first-order valence-corrected chi connectivity index (χ1v) is 17.7. The monoisotopic (exact) mass is 716 g/mol. The van der Waals surface area contributed by atoms with Crippen LogP contribution in [0.25, 0.3) is 17.7 Å². The Morgan fingerprint density at radius 3 is 1.58 bits per heavy atom. The fourth-order valence-electron chi connectivity index (χ4n) is 6.47. The molecular formula is C47H56O6. The molecule has 0 unspecified atom stereocenters. The van der Waals surface area contributed by atoms with Crippen molar-refractivity contribution in [3.63, 3.8) is 0 Å². The number of aryl methyl sites for hydroxylation is 1. The minimum Gasteiger partial charge on any atom is -0.496 e. The van der Waals surface area contributed by atoms with Gasteiger partial charge in [0, 0.05) is 28.7 Å². The Morgan fingerprint density at radius 2 is 1.09 bits per heavy atom. The molecular weight excluding hydrogens is 661 g/mol. The van der Waals surface area contributed by atoms with Crippen LogP contribution in [0.5, 0.6) is 28.7 Å². The molecule has 2 aliphatic rings. The topological polar surface area (TPSA) is 63.2 Å². The molecule has 0 saturated heterocycles. The fourth-order valence-corrected chi connectivity index (χ4v) is 6.47. The van der Waals surface area contributed by atoms with E-state index in [1.807, 2.05) is 71.0 Å². The third-order valence-electron chi connectivity index (χ3n) is 9.61. The van der Waals surface area contributed by atoms with Gasteiger partial charge in [-0.2, -0.15) is 0 Å². The van der Waals surface area contributed by atoms with Crippen molar-refractivity contribution in [1.29, 1.82) is 0 Å². The summed E-state index contributed by atoms with van der Waals surface area (Å²) in [5, 5.41) is 0. The predicted molar refractivity (Wildman–Crippen MR) is 219 cm³/mol. The number of fused-ring (bicyclic) bond motifs is 2. The first kappa shape index (κ1) is 40.5. The third kappa shape index (κ3) is 9.61. The molecule has 53 heavy (non-hydrogen) atoms. The smallest absolute Gasteiger partial charge is 0.167 e. The van der Waals surface area contributed by atoms with Crippen LogP contribution in [0.1, 0.15) is 96.9 Å². The highest BCUT2D eigenvalue weighted by Crippen LogP contribution is 2.36. The molecule has 0 N–H and O–H groups in total. The molecule has 0 bridgehead atoms. The Labute approximate surface area is 317 Å². The van der Waals surface area contributed by atoms with Crippen LogP contribution in [-0.2, 0) is 12.8 Å². The van der Waals surface area contributed by atoms with Crippen molar-refractivity contribution >= 4 is 23.5 Å². The molecule has 6 rings (SSSR count). The SMILES string of the molecule is C.C/C=C(/Cc1cc(OC)c(C)c(OC)c1)c1ccc2c(c1)C=CC(C)(C)O2.COc1cc(CC(=O)c2ccc3c(c2)C=CC(C)(C)O3)cc(C)c1C. The molecule has 0 fully saturated rings.